The fraction of sp³-hybridized carbons (Fsp3) is 0.846. The minimum absolute atomic E-state index is 0.152. The Morgan fingerprint density at radius 3 is 1.83 bits per heavy atom. The van der Waals surface area contributed by atoms with E-state index in [2.05, 4.69) is 0 Å². The zero-order chi connectivity index (χ0) is 14.7. The summed E-state index contributed by atoms with van der Waals surface area (Å²) in [4.78, 5) is 24.5. The first-order chi connectivity index (χ1) is 7.97. The minimum atomic E-state index is -1.03. The van der Waals surface area contributed by atoms with Gasteiger partial charge in [0.1, 0.15) is 11.6 Å². The molecule has 5 heteroatoms. The third kappa shape index (κ3) is 4.94. The van der Waals surface area contributed by atoms with Gasteiger partial charge >= 0.3 is 12.1 Å². The van der Waals surface area contributed by atoms with Crippen LogP contribution in [-0.4, -0.2) is 39.8 Å². The summed E-state index contributed by atoms with van der Waals surface area (Å²) in [6.07, 6.45) is -0.585. The molecule has 1 amide bonds. The maximum Gasteiger partial charge on any atom is 0.411 e. The van der Waals surface area contributed by atoms with Crippen LogP contribution in [0.25, 0.3) is 0 Å². The quantitative estimate of drug-likeness (QED) is 0.843. The van der Waals surface area contributed by atoms with Crippen molar-refractivity contribution in [3.05, 3.63) is 0 Å². The molecule has 0 aliphatic carbocycles. The smallest absolute Gasteiger partial charge is 0.411 e. The molecule has 0 fully saturated rings. The molecule has 0 radical (unpaired) electrons. The summed E-state index contributed by atoms with van der Waals surface area (Å²) in [5.74, 6) is -0.882. The van der Waals surface area contributed by atoms with Crippen LogP contribution in [-0.2, 0) is 9.53 Å². The van der Waals surface area contributed by atoms with Crippen LogP contribution < -0.4 is 0 Å². The van der Waals surface area contributed by atoms with E-state index in [9.17, 15) is 9.59 Å². The minimum Gasteiger partial charge on any atom is -0.480 e. The third-order valence-corrected chi connectivity index (χ3v) is 2.78. The van der Waals surface area contributed by atoms with Gasteiger partial charge in [-0.05, 0) is 40.5 Å². The zero-order valence-corrected chi connectivity index (χ0v) is 12.4. The largest absolute Gasteiger partial charge is 0.480 e. The summed E-state index contributed by atoms with van der Waals surface area (Å²) in [6.45, 7) is 12.5. The Bertz CT molecular complexity index is 307. The number of hydrogen-bond donors (Lipinski definition) is 1. The maximum atomic E-state index is 12.1. The van der Waals surface area contributed by atoms with Crippen LogP contribution in [0.15, 0.2) is 0 Å². The summed E-state index contributed by atoms with van der Waals surface area (Å²) in [7, 11) is 0. The monoisotopic (exact) mass is 259 g/mol. The van der Waals surface area contributed by atoms with Gasteiger partial charge in [-0.15, -0.1) is 0 Å². The number of nitrogens with zero attached hydrogens (tertiary/aromatic N) is 1. The summed E-state index contributed by atoms with van der Waals surface area (Å²) in [5, 5.41) is 9.08. The van der Waals surface area contributed by atoms with E-state index in [1.807, 2.05) is 20.8 Å². The van der Waals surface area contributed by atoms with Gasteiger partial charge in [0.25, 0.3) is 0 Å². The molecule has 0 aliphatic rings. The van der Waals surface area contributed by atoms with E-state index in [0.717, 1.165) is 0 Å². The number of carboxylic acid groups (broad SMARTS) is 1. The average molecular weight is 259 g/mol. The van der Waals surface area contributed by atoms with Gasteiger partial charge in [-0.3, -0.25) is 4.90 Å². The van der Waals surface area contributed by atoms with Crippen LogP contribution in [0.5, 0.6) is 0 Å². The lowest BCUT2D eigenvalue weighted by Crippen LogP contribution is -2.51. The number of hydrogen-bond acceptors (Lipinski definition) is 3. The van der Waals surface area contributed by atoms with Gasteiger partial charge in [-0.25, -0.2) is 9.59 Å². The van der Waals surface area contributed by atoms with Crippen molar-refractivity contribution in [1.29, 1.82) is 0 Å². The number of amides is 1. The van der Waals surface area contributed by atoms with Crippen LogP contribution in [0.2, 0.25) is 0 Å². The predicted molar refractivity (Wildman–Crippen MR) is 69.5 cm³/mol. The molecule has 0 aromatic carbocycles. The van der Waals surface area contributed by atoms with Gasteiger partial charge in [0.15, 0.2) is 0 Å². The highest BCUT2D eigenvalue weighted by molar-refractivity contribution is 5.80. The molecular formula is C13H25NO4. The fourth-order valence-electron chi connectivity index (χ4n) is 1.43. The highest BCUT2D eigenvalue weighted by Crippen LogP contribution is 2.18. The van der Waals surface area contributed by atoms with Gasteiger partial charge in [0.2, 0.25) is 0 Å². The summed E-state index contributed by atoms with van der Waals surface area (Å²) in [6, 6.07) is -1.11. The molecule has 0 spiro atoms. The van der Waals surface area contributed by atoms with Crippen molar-refractivity contribution >= 4 is 12.1 Å². The average Bonchev–Trinajstić information content (AvgIpc) is 2.14. The Labute approximate surface area is 109 Å². The summed E-state index contributed by atoms with van der Waals surface area (Å²) < 4.78 is 5.27. The fourth-order valence-corrected chi connectivity index (χ4v) is 1.43. The van der Waals surface area contributed by atoms with Crippen molar-refractivity contribution < 1.29 is 19.4 Å². The second kappa shape index (κ2) is 6.07. The molecule has 0 rings (SSSR count). The van der Waals surface area contributed by atoms with Gasteiger partial charge in [0, 0.05) is 6.04 Å². The molecule has 0 bridgehead atoms. The lowest BCUT2D eigenvalue weighted by molar-refractivity contribution is -0.143. The lowest BCUT2D eigenvalue weighted by Gasteiger charge is -2.36. The Morgan fingerprint density at radius 1 is 1.11 bits per heavy atom. The number of rotatable bonds is 4. The molecule has 2 atom stereocenters. The highest BCUT2D eigenvalue weighted by Gasteiger charge is 2.34. The van der Waals surface area contributed by atoms with Crippen molar-refractivity contribution in [2.75, 3.05) is 0 Å². The van der Waals surface area contributed by atoms with Crippen molar-refractivity contribution in [2.45, 2.75) is 66.2 Å². The lowest BCUT2D eigenvalue weighted by atomic mass is 10.0. The second-order valence-electron chi connectivity index (χ2n) is 5.89. The van der Waals surface area contributed by atoms with Crippen LogP contribution in [0.3, 0.4) is 0 Å². The predicted octanol–water partition coefficient (Wildman–Crippen LogP) is 2.74. The van der Waals surface area contributed by atoms with Crippen molar-refractivity contribution in [2.24, 2.45) is 5.92 Å². The standard InChI is InChI=1S/C13H25NO4/c1-8(2)9(3)14(10(4)11(15)16)12(17)18-13(5,6)7/h8-10H,1-7H3,(H,15,16)/t9-,10-/m0/s1. The number of carbonyl (C=O) groups is 2. The van der Waals surface area contributed by atoms with E-state index in [-0.39, 0.29) is 12.0 Å². The van der Waals surface area contributed by atoms with Crippen molar-refractivity contribution in [3.8, 4) is 0 Å². The maximum absolute atomic E-state index is 12.1. The SMILES string of the molecule is CC(C)[C@H](C)N(C(=O)OC(C)(C)C)[C@@H](C)C(=O)O. The van der Waals surface area contributed by atoms with Crippen LogP contribution in [0, 0.1) is 5.92 Å². The molecule has 0 saturated heterocycles. The summed E-state index contributed by atoms with van der Waals surface area (Å²) in [5.41, 5.74) is -0.635. The van der Waals surface area contributed by atoms with Gasteiger partial charge in [-0.1, -0.05) is 13.8 Å². The van der Waals surface area contributed by atoms with E-state index in [0.29, 0.717) is 0 Å². The third-order valence-electron chi connectivity index (χ3n) is 2.78. The molecule has 106 valence electrons. The van der Waals surface area contributed by atoms with Crippen LogP contribution in [0.4, 0.5) is 4.79 Å². The molecule has 1 N–H and O–H groups in total. The molecule has 0 aromatic heterocycles. The Morgan fingerprint density at radius 2 is 1.56 bits per heavy atom. The Kier molecular flexibility index (Phi) is 5.64. The first kappa shape index (κ1) is 16.7. The normalized spacial score (nSPS) is 15.1. The van der Waals surface area contributed by atoms with E-state index >= 15 is 0 Å². The second-order valence-corrected chi connectivity index (χ2v) is 5.89. The van der Waals surface area contributed by atoms with Crippen molar-refractivity contribution in [3.63, 3.8) is 0 Å². The van der Waals surface area contributed by atoms with Crippen molar-refractivity contribution in [1.82, 2.24) is 4.90 Å². The first-order valence-electron chi connectivity index (χ1n) is 6.21. The van der Waals surface area contributed by atoms with Crippen LogP contribution in [0.1, 0.15) is 48.5 Å². The van der Waals surface area contributed by atoms with Gasteiger partial charge < -0.3 is 9.84 Å². The Hall–Kier alpha value is -1.26. The summed E-state index contributed by atoms with van der Waals surface area (Å²) >= 11 is 0. The molecule has 0 aromatic rings. The Balaban J connectivity index is 5.10. The van der Waals surface area contributed by atoms with E-state index in [4.69, 9.17) is 9.84 Å². The van der Waals surface area contributed by atoms with Gasteiger partial charge in [-0.2, -0.15) is 0 Å². The topological polar surface area (TPSA) is 66.8 Å². The zero-order valence-electron chi connectivity index (χ0n) is 12.4. The van der Waals surface area contributed by atoms with E-state index in [1.54, 1.807) is 20.8 Å². The molecular weight excluding hydrogens is 234 g/mol. The molecule has 0 aliphatic heterocycles. The molecule has 5 nitrogen and oxygen atoms in total. The number of aliphatic carboxylic acids is 1. The van der Waals surface area contributed by atoms with Gasteiger partial charge in [0.05, 0.1) is 0 Å². The highest BCUT2D eigenvalue weighted by atomic mass is 16.6. The molecule has 0 unspecified atom stereocenters. The van der Waals surface area contributed by atoms with Crippen LogP contribution >= 0.6 is 0 Å². The van der Waals surface area contributed by atoms with E-state index < -0.39 is 23.7 Å². The number of carboxylic acids is 1. The molecule has 0 heterocycles. The molecule has 0 saturated carbocycles. The number of ether oxygens (including phenoxy) is 1. The first-order valence-corrected chi connectivity index (χ1v) is 6.21. The molecule has 18 heavy (non-hydrogen) atoms. The number of carbonyl (C=O) groups excluding carboxylic acids is 1. The van der Waals surface area contributed by atoms with E-state index in [1.165, 1.54) is 11.8 Å².